The quantitative estimate of drug-likeness (QED) is 0.558. The van der Waals surface area contributed by atoms with Crippen LogP contribution in [-0.4, -0.2) is 36.9 Å². The van der Waals surface area contributed by atoms with Gasteiger partial charge in [0.05, 0.1) is 13.2 Å². The van der Waals surface area contributed by atoms with Crippen molar-refractivity contribution in [3.8, 4) is 0 Å². The molecule has 1 rings (SSSR count). The average Bonchev–Trinajstić information content (AvgIpc) is 2.28. The highest BCUT2D eigenvalue weighted by Gasteiger charge is 2.12. The van der Waals surface area contributed by atoms with E-state index in [-0.39, 0.29) is 31.2 Å². The number of halogens is 1. The fourth-order valence-corrected chi connectivity index (χ4v) is 1.73. The molecule has 0 unspecified atom stereocenters. The summed E-state index contributed by atoms with van der Waals surface area (Å²) in [6.07, 6.45) is -0.221. The zero-order valence-corrected chi connectivity index (χ0v) is 11.2. The van der Waals surface area contributed by atoms with Crippen LogP contribution < -0.4 is 0 Å². The van der Waals surface area contributed by atoms with Crippen molar-refractivity contribution in [2.24, 2.45) is 0 Å². The number of esters is 1. The van der Waals surface area contributed by atoms with Gasteiger partial charge in [0.1, 0.15) is 12.2 Å². The van der Waals surface area contributed by atoms with E-state index in [4.69, 9.17) is 4.74 Å². The van der Waals surface area contributed by atoms with Crippen molar-refractivity contribution < 1.29 is 18.7 Å². The molecule has 0 N–H and O–H groups in total. The van der Waals surface area contributed by atoms with E-state index in [0.29, 0.717) is 6.54 Å². The fraction of sp³-hybridized carbons (Fsp3) is 0.429. The number of nitrogens with zero attached hydrogens (tertiary/aromatic N) is 1. The molecule has 5 heteroatoms. The Morgan fingerprint density at radius 2 is 2.11 bits per heavy atom. The predicted octanol–water partition coefficient (Wildman–Crippen LogP) is 1.78. The van der Waals surface area contributed by atoms with Gasteiger partial charge in [0, 0.05) is 6.54 Å². The standard InChI is InChI=1S/C14H18FNO3/c1-3-19-14(18)8-13(17)10-16(2)9-11-5-4-6-12(15)7-11/h4-7H,3,8-10H2,1-2H3. The number of carbonyl (C=O) groups excluding carboxylic acids is 2. The first-order valence-electron chi connectivity index (χ1n) is 6.11. The Morgan fingerprint density at radius 1 is 1.37 bits per heavy atom. The van der Waals surface area contributed by atoms with Crippen molar-refractivity contribution in [1.29, 1.82) is 0 Å². The van der Waals surface area contributed by atoms with Crippen LogP contribution in [-0.2, 0) is 20.9 Å². The van der Waals surface area contributed by atoms with Gasteiger partial charge < -0.3 is 4.74 Å². The maximum absolute atomic E-state index is 13.0. The zero-order valence-electron chi connectivity index (χ0n) is 11.2. The zero-order chi connectivity index (χ0) is 14.3. The number of likely N-dealkylation sites (N-methyl/N-ethyl adjacent to an activating group) is 1. The number of Topliss-reactive ketones (excluding diaryl/α,β-unsaturated/α-hetero) is 1. The Hall–Kier alpha value is -1.75. The van der Waals surface area contributed by atoms with Crippen LogP contribution in [0.25, 0.3) is 0 Å². The van der Waals surface area contributed by atoms with Crippen molar-refractivity contribution in [1.82, 2.24) is 4.90 Å². The Bertz CT molecular complexity index is 448. The second kappa shape index (κ2) is 7.63. The van der Waals surface area contributed by atoms with Crippen LogP contribution in [0.2, 0.25) is 0 Å². The van der Waals surface area contributed by atoms with Crippen LogP contribution in [0, 0.1) is 5.82 Å². The molecule has 1 aromatic rings. The SMILES string of the molecule is CCOC(=O)CC(=O)CN(C)Cc1cccc(F)c1. The van der Waals surface area contributed by atoms with Crippen LogP contribution in [0.1, 0.15) is 18.9 Å². The molecule has 19 heavy (non-hydrogen) atoms. The highest BCUT2D eigenvalue weighted by Crippen LogP contribution is 2.06. The number of rotatable bonds is 7. The van der Waals surface area contributed by atoms with Crippen molar-refractivity contribution in [2.45, 2.75) is 19.9 Å². The molecule has 0 aliphatic rings. The maximum atomic E-state index is 13.0. The van der Waals surface area contributed by atoms with Crippen LogP contribution in [0.5, 0.6) is 0 Å². The fourth-order valence-electron chi connectivity index (χ4n) is 1.73. The molecule has 0 amide bonds. The minimum Gasteiger partial charge on any atom is -0.466 e. The van der Waals surface area contributed by atoms with Gasteiger partial charge in [-0.1, -0.05) is 12.1 Å². The van der Waals surface area contributed by atoms with Gasteiger partial charge in [0.2, 0.25) is 0 Å². The van der Waals surface area contributed by atoms with Gasteiger partial charge in [-0.05, 0) is 31.7 Å². The molecular formula is C14H18FNO3. The van der Waals surface area contributed by atoms with E-state index in [9.17, 15) is 14.0 Å². The molecular weight excluding hydrogens is 249 g/mol. The molecule has 0 aliphatic heterocycles. The molecule has 0 aromatic heterocycles. The van der Waals surface area contributed by atoms with Crippen molar-refractivity contribution in [2.75, 3.05) is 20.2 Å². The first-order chi connectivity index (χ1) is 9.01. The normalized spacial score (nSPS) is 10.5. The molecule has 0 fully saturated rings. The van der Waals surface area contributed by atoms with Crippen LogP contribution >= 0.6 is 0 Å². The molecule has 0 bridgehead atoms. The molecule has 0 aliphatic carbocycles. The Balaban J connectivity index is 2.40. The first-order valence-corrected chi connectivity index (χ1v) is 6.11. The Kier molecular flexibility index (Phi) is 6.15. The number of hydrogen-bond acceptors (Lipinski definition) is 4. The van der Waals surface area contributed by atoms with E-state index < -0.39 is 5.97 Å². The third-order valence-corrected chi connectivity index (χ3v) is 2.43. The smallest absolute Gasteiger partial charge is 0.313 e. The van der Waals surface area contributed by atoms with E-state index in [1.807, 2.05) is 0 Å². The van der Waals surface area contributed by atoms with Crippen LogP contribution in [0.15, 0.2) is 24.3 Å². The summed E-state index contributed by atoms with van der Waals surface area (Å²) in [4.78, 5) is 24.4. The summed E-state index contributed by atoms with van der Waals surface area (Å²) in [6.45, 7) is 2.55. The number of hydrogen-bond donors (Lipinski definition) is 0. The van der Waals surface area contributed by atoms with Crippen LogP contribution in [0.4, 0.5) is 4.39 Å². The summed E-state index contributed by atoms with van der Waals surface area (Å²) in [7, 11) is 1.74. The summed E-state index contributed by atoms with van der Waals surface area (Å²) in [5.74, 6) is -1.02. The summed E-state index contributed by atoms with van der Waals surface area (Å²) >= 11 is 0. The van der Waals surface area contributed by atoms with Gasteiger partial charge in [0.15, 0.2) is 5.78 Å². The monoisotopic (exact) mass is 267 g/mol. The summed E-state index contributed by atoms with van der Waals surface area (Å²) in [6, 6.07) is 6.20. The molecule has 0 atom stereocenters. The summed E-state index contributed by atoms with van der Waals surface area (Å²) in [5.41, 5.74) is 0.784. The van der Waals surface area contributed by atoms with Gasteiger partial charge in [-0.15, -0.1) is 0 Å². The van der Waals surface area contributed by atoms with Crippen molar-refractivity contribution in [3.05, 3.63) is 35.6 Å². The molecule has 0 saturated carbocycles. The average molecular weight is 267 g/mol. The van der Waals surface area contributed by atoms with Gasteiger partial charge in [-0.3, -0.25) is 14.5 Å². The van der Waals surface area contributed by atoms with E-state index in [2.05, 4.69) is 0 Å². The first kappa shape index (κ1) is 15.3. The lowest BCUT2D eigenvalue weighted by Crippen LogP contribution is -2.27. The lowest BCUT2D eigenvalue weighted by atomic mass is 10.2. The Morgan fingerprint density at radius 3 is 2.74 bits per heavy atom. The topological polar surface area (TPSA) is 46.6 Å². The van der Waals surface area contributed by atoms with Gasteiger partial charge >= 0.3 is 5.97 Å². The number of carbonyl (C=O) groups is 2. The Labute approximate surface area is 112 Å². The highest BCUT2D eigenvalue weighted by atomic mass is 19.1. The summed E-state index contributed by atoms with van der Waals surface area (Å²) in [5, 5.41) is 0. The van der Waals surface area contributed by atoms with Gasteiger partial charge in [-0.2, -0.15) is 0 Å². The minimum atomic E-state index is -0.508. The van der Waals surface area contributed by atoms with Crippen molar-refractivity contribution in [3.63, 3.8) is 0 Å². The van der Waals surface area contributed by atoms with E-state index in [1.165, 1.54) is 12.1 Å². The van der Waals surface area contributed by atoms with Gasteiger partial charge in [-0.25, -0.2) is 4.39 Å². The summed E-state index contributed by atoms with van der Waals surface area (Å²) < 4.78 is 17.7. The predicted molar refractivity (Wildman–Crippen MR) is 69.0 cm³/mol. The largest absolute Gasteiger partial charge is 0.466 e. The minimum absolute atomic E-state index is 0.134. The van der Waals surface area contributed by atoms with E-state index in [1.54, 1.807) is 31.0 Å². The molecule has 0 saturated heterocycles. The maximum Gasteiger partial charge on any atom is 0.313 e. The van der Waals surface area contributed by atoms with E-state index >= 15 is 0 Å². The third kappa shape index (κ3) is 6.10. The number of ether oxygens (including phenoxy) is 1. The highest BCUT2D eigenvalue weighted by molar-refractivity contribution is 5.96. The number of ketones is 1. The molecule has 1 aromatic carbocycles. The van der Waals surface area contributed by atoms with Crippen molar-refractivity contribution >= 4 is 11.8 Å². The molecule has 104 valence electrons. The lowest BCUT2D eigenvalue weighted by molar-refractivity contribution is -0.145. The second-order valence-electron chi connectivity index (χ2n) is 4.32. The van der Waals surface area contributed by atoms with Gasteiger partial charge in [0.25, 0.3) is 0 Å². The van der Waals surface area contributed by atoms with E-state index in [0.717, 1.165) is 5.56 Å². The third-order valence-electron chi connectivity index (χ3n) is 2.43. The molecule has 0 spiro atoms. The molecule has 0 radical (unpaired) electrons. The lowest BCUT2D eigenvalue weighted by Gasteiger charge is -2.15. The molecule has 4 nitrogen and oxygen atoms in total. The molecule has 0 heterocycles. The number of benzene rings is 1. The van der Waals surface area contributed by atoms with Crippen LogP contribution in [0.3, 0.4) is 0 Å². The second-order valence-corrected chi connectivity index (χ2v) is 4.32.